The maximum Gasteiger partial charge on any atom is 0.327 e. The summed E-state index contributed by atoms with van der Waals surface area (Å²) in [4.78, 5) is 51.3. The molecule has 2 aliphatic rings. The summed E-state index contributed by atoms with van der Waals surface area (Å²) in [6.45, 7) is 2.44. The van der Waals surface area contributed by atoms with Crippen molar-refractivity contribution in [2.24, 2.45) is 11.8 Å². The van der Waals surface area contributed by atoms with Crippen molar-refractivity contribution in [1.29, 1.82) is 0 Å². The summed E-state index contributed by atoms with van der Waals surface area (Å²) >= 11 is 0. The molecule has 0 radical (unpaired) electrons. The predicted octanol–water partition coefficient (Wildman–Crippen LogP) is -0.949. The minimum Gasteiger partial charge on any atom is -0.468 e. The molecule has 2 aliphatic heterocycles. The Bertz CT molecular complexity index is 924. The maximum atomic E-state index is 13.0. The standard InChI is InChI=1S/C17H21N7O4/c1-4-24-13(20-8-21-24)12-10-11(15(26)23(2)14(10)25)17(22-12,16(27)28-3)5-9-6-18-7-19-9/h6-8,10-12,22H,4-5H2,1-3H3,(H,18,19)/t10-,11-,12+,17-/m1/s1. The van der Waals surface area contributed by atoms with E-state index in [1.54, 1.807) is 10.9 Å². The molecule has 2 aromatic heterocycles. The van der Waals surface area contributed by atoms with Gasteiger partial charge in [0.05, 0.1) is 31.3 Å². The molecule has 0 aliphatic carbocycles. The molecule has 11 heteroatoms. The maximum absolute atomic E-state index is 13.0. The van der Waals surface area contributed by atoms with Gasteiger partial charge in [-0.3, -0.25) is 24.6 Å². The molecule has 2 fully saturated rings. The molecule has 2 aromatic rings. The van der Waals surface area contributed by atoms with E-state index in [2.05, 4.69) is 25.4 Å². The van der Waals surface area contributed by atoms with Gasteiger partial charge >= 0.3 is 5.97 Å². The minimum absolute atomic E-state index is 0.116. The first-order chi connectivity index (χ1) is 13.4. The van der Waals surface area contributed by atoms with Crippen molar-refractivity contribution in [3.8, 4) is 0 Å². The number of ether oxygens (including phenoxy) is 1. The van der Waals surface area contributed by atoms with Gasteiger partial charge in [0.2, 0.25) is 11.8 Å². The van der Waals surface area contributed by atoms with Crippen molar-refractivity contribution in [2.45, 2.75) is 31.5 Å². The topological polar surface area (TPSA) is 135 Å². The molecule has 0 spiro atoms. The number of H-pyrrole nitrogens is 1. The van der Waals surface area contributed by atoms with Crippen LogP contribution in [0.5, 0.6) is 0 Å². The molecule has 0 bridgehead atoms. The average molecular weight is 387 g/mol. The zero-order chi connectivity index (χ0) is 20.1. The van der Waals surface area contributed by atoms with Gasteiger partial charge in [0.25, 0.3) is 0 Å². The third kappa shape index (κ3) is 2.39. The van der Waals surface area contributed by atoms with Crippen molar-refractivity contribution >= 4 is 17.8 Å². The molecule has 11 nitrogen and oxygen atoms in total. The Hall–Kier alpha value is -3.08. The largest absolute Gasteiger partial charge is 0.468 e. The van der Waals surface area contributed by atoms with Crippen LogP contribution < -0.4 is 5.32 Å². The van der Waals surface area contributed by atoms with E-state index in [0.29, 0.717) is 18.1 Å². The Morgan fingerprint density at radius 1 is 1.36 bits per heavy atom. The van der Waals surface area contributed by atoms with Gasteiger partial charge in [-0.05, 0) is 6.92 Å². The number of methoxy groups -OCH3 is 1. The molecule has 2 N–H and O–H groups in total. The minimum atomic E-state index is -1.43. The van der Waals surface area contributed by atoms with Crippen LogP contribution in [0.25, 0.3) is 0 Å². The molecule has 4 rings (SSSR count). The van der Waals surface area contributed by atoms with Crippen molar-refractivity contribution in [3.63, 3.8) is 0 Å². The van der Waals surface area contributed by atoms with Crippen molar-refractivity contribution in [1.82, 2.24) is 34.9 Å². The molecule has 4 atom stereocenters. The average Bonchev–Trinajstić information content (AvgIpc) is 3.46. The van der Waals surface area contributed by atoms with E-state index in [0.717, 1.165) is 4.90 Å². The number of nitrogens with one attached hydrogen (secondary N) is 2. The number of likely N-dealkylation sites (tertiary alicyclic amines) is 1. The van der Waals surface area contributed by atoms with E-state index >= 15 is 0 Å². The third-order valence-corrected chi connectivity index (χ3v) is 5.67. The van der Waals surface area contributed by atoms with Crippen LogP contribution in [0.2, 0.25) is 0 Å². The number of nitrogens with zero attached hydrogens (tertiary/aromatic N) is 5. The monoisotopic (exact) mass is 387 g/mol. The number of esters is 1. The van der Waals surface area contributed by atoms with Crippen LogP contribution in [-0.2, 0) is 32.1 Å². The lowest BCUT2D eigenvalue weighted by Crippen LogP contribution is -2.57. The van der Waals surface area contributed by atoms with Gasteiger partial charge < -0.3 is 9.72 Å². The van der Waals surface area contributed by atoms with Gasteiger partial charge in [-0.25, -0.2) is 14.6 Å². The third-order valence-electron chi connectivity index (χ3n) is 5.67. The molecule has 0 aromatic carbocycles. The molecular formula is C17H21N7O4. The molecule has 4 heterocycles. The first-order valence-electron chi connectivity index (χ1n) is 8.97. The number of aryl methyl sites for hydroxylation is 1. The quantitative estimate of drug-likeness (QED) is 0.495. The number of imidazole rings is 1. The fraction of sp³-hybridized carbons (Fsp3) is 0.529. The van der Waals surface area contributed by atoms with Crippen molar-refractivity contribution in [2.75, 3.05) is 14.2 Å². The lowest BCUT2D eigenvalue weighted by molar-refractivity contribution is -0.153. The van der Waals surface area contributed by atoms with Crippen LogP contribution in [0, 0.1) is 11.8 Å². The number of amides is 2. The highest BCUT2D eigenvalue weighted by Crippen LogP contribution is 2.49. The van der Waals surface area contributed by atoms with Crippen LogP contribution in [0.3, 0.4) is 0 Å². The Balaban J connectivity index is 1.87. The van der Waals surface area contributed by atoms with Gasteiger partial charge in [0.15, 0.2) is 0 Å². The summed E-state index contributed by atoms with van der Waals surface area (Å²) in [5, 5.41) is 7.41. The highest BCUT2D eigenvalue weighted by atomic mass is 16.5. The summed E-state index contributed by atoms with van der Waals surface area (Å²) in [5.74, 6) is -2.59. The van der Waals surface area contributed by atoms with Crippen LogP contribution >= 0.6 is 0 Å². The molecule has 0 saturated carbocycles. The first kappa shape index (κ1) is 18.3. The number of rotatable bonds is 5. The van der Waals surface area contributed by atoms with Crippen LogP contribution in [0.4, 0.5) is 0 Å². The van der Waals surface area contributed by atoms with E-state index in [-0.39, 0.29) is 12.3 Å². The fourth-order valence-electron chi connectivity index (χ4n) is 4.41. The number of carbonyl (C=O) groups excluding carboxylic acids is 3. The van der Waals surface area contributed by atoms with Gasteiger partial charge in [-0.1, -0.05) is 0 Å². The fourth-order valence-corrected chi connectivity index (χ4v) is 4.41. The van der Waals surface area contributed by atoms with Crippen molar-refractivity contribution in [3.05, 3.63) is 30.4 Å². The summed E-state index contributed by atoms with van der Waals surface area (Å²) in [7, 11) is 2.70. The second kappa shape index (κ2) is 6.51. The Morgan fingerprint density at radius 2 is 2.14 bits per heavy atom. The first-order valence-corrected chi connectivity index (χ1v) is 8.97. The Kier molecular flexibility index (Phi) is 4.26. The number of hydrogen-bond acceptors (Lipinski definition) is 8. The molecule has 148 valence electrons. The van der Waals surface area contributed by atoms with E-state index in [1.165, 1.54) is 26.8 Å². The number of imide groups is 1. The van der Waals surface area contributed by atoms with Crippen LogP contribution in [0.15, 0.2) is 18.9 Å². The highest BCUT2D eigenvalue weighted by molar-refractivity contribution is 6.09. The summed E-state index contributed by atoms with van der Waals surface area (Å²) in [5.41, 5.74) is -0.789. The highest BCUT2D eigenvalue weighted by Gasteiger charge is 2.69. The molecule has 2 amide bonds. The lowest BCUT2D eigenvalue weighted by Gasteiger charge is -2.31. The zero-order valence-corrected chi connectivity index (χ0v) is 15.7. The summed E-state index contributed by atoms with van der Waals surface area (Å²) in [6, 6.07) is -0.657. The zero-order valence-electron chi connectivity index (χ0n) is 15.7. The van der Waals surface area contributed by atoms with E-state index < -0.39 is 35.3 Å². The van der Waals surface area contributed by atoms with E-state index in [4.69, 9.17) is 4.74 Å². The van der Waals surface area contributed by atoms with Crippen molar-refractivity contribution < 1.29 is 19.1 Å². The molecule has 2 saturated heterocycles. The predicted molar refractivity (Wildman–Crippen MR) is 93.4 cm³/mol. The lowest BCUT2D eigenvalue weighted by atomic mass is 9.77. The SMILES string of the molecule is CCn1ncnc1[C@H]1N[C@@](Cc2cnc[nH]2)(C(=O)OC)[C@H]2C(=O)N(C)C(=O)[C@@H]12. The number of aromatic nitrogens is 5. The number of aromatic amines is 1. The second-order valence-corrected chi connectivity index (χ2v) is 7.01. The van der Waals surface area contributed by atoms with E-state index in [9.17, 15) is 14.4 Å². The normalized spacial score (nSPS) is 29.4. The molecular weight excluding hydrogens is 366 g/mol. The van der Waals surface area contributed by atoms with Crippen LogP contribution in [0.1, 0.15) is 24.5 Å². The Morgan fingerprint density at radius 3 is 2.79 bits per heavy atom. The second-order valence-electron chi connectivity index (χ2n) is 7.01. The summed E-state index contributed by atoms with van der Waals surface area (Å²) < 4.78 is 6.72. The van der Waals surface area contributed by atoms with Gasteiger partial charge in [-0.15, -0.1) is 0 Å². The van der Waals surface area contributed by atoms with Gasteiger partial charge in [0, 0.05) is 31.9 Å². The van der Waals surface area contributed by atoms with E-state index in [1.807, 2.05) is 6.92 Å². The van der Waals surface area contributed by atoms with Gasteiger partial charge in [-0.2, -0.15) is 5.10 Å². The summed E-state index contributed by atoms with van der Waals surface area (Å²) in [6.07, 6.45) is 4.58. The molecule has 28 heavy (non-hydrogen) atoms. The molecule has 0 unspecified atom stereocenters. The number of fused-ring (bicyclic) bond motifs is 1. The van der Waals surface area contributed by atoms with Gasteiger partial charge in [0.1, 0.15) is 17.7 Å². The number of carbonyl (C=O) groups is 3. The number of hydrogen-bond donors (Lipinski definition) is 2. The Labute approximate surface area is 160 Å². The smallest absolute Gasteiger partial charge is 0.327 e. The van der Waals surface area contributed by atoms with Crippen LogP contribution in [-0.4, -0.2) is 67.1 Å².